The van der Waals surface area contributed by atoms with Crippen molar-refractivity contribution in [1.29, 1.82) is 0 Å². The number of rotatable bonds is 3. The number of anilines is 1. The molecule has 0 saturated carbocycles. The topological polar surface area (TPSA) is 81.3 Å². The van der Waals surface area contributed by atoms with Crippen LogP contribution in [0.5, 0.6) is 0 Å². The number of nitrogens with two attached hydrogens (primary N) is 1. The quantitative estimate of drug-likeness (QED) is 0.758. The monoisotopic (exact) mass is 242 g/mol. The molecule has 0 aromatic carbocycles. The van der Waals surface area contributed by atoms with Gasteiger partial charge in [0.1, 0.15) is 5.01 Å². The molecule has 1 aliphatic rings. The van der Waals surface area contributed by atoms with Crippen LogP contribution in [0.15, 0.2) is 0 Å². The van der Waals surface area contributed by atoms with Crippen molar-refractivity contribution in [3.63, 3.8) is 0 Å². The largest absolute Gasteiger partial charge is 0.469 e. The number of nitrogen functional groups attached to an aromatic ring is 1. The van der Waals surface area contributed by atoms with E-state index in [2.05, 4.69) is 15.1 Å². The number of nitrogens with zero attached hydrogens (tertiary/aromatic N) is 3. The van der Waals surface area contributed by atoms with Gasteiger partial charge in [-0.05, 0) is 13.0 Å². The Labute approximate surface area is 97.4 Å². The van der Waals surface area contributed by atoms with E-state index in [0.29, 0.717) is 11.7 Å². The molecule has 2 heterocycles. The zero-order valence-corrected chi connectivity index (χ0v) is 9.87. The highest BCUT2D eigenvalue weighted by Gasteiger charge is 2.29. The van der Waals surface area contributed by atoms with Gasteiger partial charge in [-0.15, -0.1) is 10.2 Å². The van der Waals surface area contributed by atoms with Gasteiger partial charge in [0, 0.05) is 6.54 Å². The van der Waals surface area contributed by atoms with Gasteiger partial charge in [-0.2, -0.15) is 0 Å². The van der Waals surface area contributed by atoms with Crippen LogP contribution < -0.4 is 5.73 Å². The second-order valence-corrected chi connectivity index (χ2v) is 4.87. The number of ether oxygens (including phenoxy) is 1. The number of carbonyl (C=O) groups is 1. The van der Waals surface area contributed by atoms with E-state index in [1.165, 1.54) is 18.4 Å². The molecule has 1 aliphatic heterocycles. The molecular weight excluding hydrogens is 228 g/mol. The fourth-order valence-electron chi connectivity index (χ4n) is 1.86. The average Bonchev–Trinajstić information content (AvgIpc) is 2.87. The number of carbonyl (C=O) groups excluding carboxylic acids is 1. The standard InChI is InChI=1S/C9H14N4O2S/c1-15-8(14)6-2-3-13(4-6)5-7-11-12-9(10)16-7/h6H,2-5H2,1H3,(H2,10,12). The lowest BCUT2D eigenvalue weighted by Crippen LogP contribution is -2.23. The Morgan fingerprint density at radius 2 is 2.50 bits per heavy atom. The Bertz CT molecular complexity index is 381. The Hall–Kier alpha value is -1.21. The second kappa shape index (κ2) is 4.75. The molecule has 1 unspecified atom stereocenters. The molecule has 2 rings (SSSR count). The minimum absolute atomic E-state index is 0.00438. The van der Waals surface area contributed by atoms with E-state index in [9.17, 15) is 4.79 Å². The highest BCUT2D eigenvalue weighted by molar-refractivity contribution is 7.15. The van der Waals surface area contributed by atoms with Crippen molar-refractivity contribution in [1.82, 2.24) is 15.1 Å². The molecule has 2 N–H and O–H groups in total. The van der Waals surface area contributed by atoms with Gasteiger partial charge in [0.05, 0.1) is 19.6 Å². The Morgan fingerprint density at radius 3 is 3.12 bits per heavy atom. The van der Waals surface area contributed by atoms with Crippen molar-refractivity contribution in [3.05, 3.63) is 5.01 Å². The summed E-state index contributed by atoms with van der Waals surface area (Å²) in [7, 11) is 1.43. The van der Waals surface area contributed by atoms with Crippen LogP contribution in [0.4, 0.5) is 5.13 Å². The molecule has 0 spiro atoms. The lowest BCUT2D eigenvalue weighted by Gasteiger charge is -2.12. The van der Waals surface area contributed by atoms with Crippen molar-refractivity contribution in [3.8, 4) is 0 Å². The van der Waals surface area contributed by atoms with Crippen LogP contribution in [0.1, 0.15) is 11.4 Å². The number of hydrogen-bond donors (Lipinski definition) is 1. The molecule has 0 bridgehead atoms. The Morgan fingerprint density at radius 1 is 1.69 bits per heavy atom. The average molecular weight is 242 g/mol. The zero-order valence-electron chi connectivity index (χ0n) is 9.05. The van der Waals surface area contributed by atoms with E-state index in [-0.39, 0.29) is 11.9 Å². The van der Waals surface area contributed by atoms with Gasteiger partial charge in [-0.3, -0.25) is 9.69 Å². The summed E-state index contributed by atoms with van der Waals surface area (Å²) < 4.78 is 4.73. The second-order valence-electron chi connectivity index (χ2n) is 3.78. The number of esters is 1. The highest BCUT2D eigenvalue weighted by Crippen LogP contribution is 2.21. The molecule has 1 saturated heterocycles. The first kappa shape index (κ1) is 11.3. The smallest absolute Gasteiger partial charge is 0.310 e. The van der Waals surface area contributed by atoms with Crippen LogP contribution >= 0.6 is 11.3 Å². The van der Waals surface area contributed by atoms with Gasteiger partial charge in [-0.1, -0.05) is 11.3 Å². The number of methoxy groups -OCH3 is 1. The summed E-state index contributed by atoms with van der Waals surface area (Å²) in [6.07, 6.45) is 0.848. The van der Waals surface area contributed by atoms with Crippen molar-refractivity contribution >= 4 is 22.4 Å². The van der Waals surface area contributed by atoms with Crippen LogP contribution in [-0.2, 0) is 16.1 Å². The lowest BCUT2D eigenvalue weighted by atomic mass is 10.1. The first-order valence-electron chi connectivity index (χ1n) is 5.07. The molecular formula is C9H14N4O2S. The van der Waals surface area contributed by atoms with Gasteiger partial charge in [-0.25, -0.2) is 0 Å². The summed E-state index contributed by atoms with van der Waals surface area (Å²) in [4.78, 5) is 13.5. The third-order valence-corrected chi connectivity index (χ3v) is 3.39. The van der Waals surface area contributed by atoms with Crippen LogP contribution in [0.3, 0.4) is 0 Å². The fourth-order valence-corrected chi connectivity index (χ4v) is 2.51. The summed E-state index contributed by atoms with van der Waals surface area (Å²) in [5.41, 5.74) is 5.50. The third-order valence-electron chi connectivity index (χ3n) is 2.65. The molecule has 7 heteroatoms. The SMILES string of the molecule is COC(=O)C1CCN(Cc2nnc(N)s2)C1. The Balaban J connectivity index is 1.87. The van der Waals surface area contributed by atoms with Gasteiger partial charge in [0.25, 0.3) is 0 Å². The van der Waals surface area contributed by atoms with Gasteiger partial charge < -0.3 is 10.5 Å². The summed E-state index contributed by atoms with van der Waals surface area (Å²) in [6.45, 7) is 2.33. The predicted molar refractivity (Wildman–Crippen MR) is 59.7 cm³/mol. The number of aromatic nitrogens is 2. The zero-order chi connectivity index (χ0) is 11.5. The first-order chi connectivity index (χ1) is 7.69. The molecule has 1 aromatic rings. The minimum Gasteiger partial charge on any atom is -0.469 e. The maximum absolute atomic E-state index is 11.3. The summed E-state index contributed by atoms with van der Waals surface area (Å²) in [5.74, 6) is -0.130. The normalized spacial score (nSPS) is 21.2. The van der Waals surface area contributed by atoms with E-state index in [0.717, 1.165) is 24.5 Å². The van der Waals surface area contributed by atoms with Gasteiger partial charge >= 0.3 is 5.97 Å². The molecule has 0 radical (unpaired) electrons. The molecule has 16 heavy (non-hydrogen) atoms. The molecule has 1 fully saturated rings. The van der Waals surface area contributed by atoms with E-state index < -0.39 is 0 Å². The third kappa shape index (κ3) is 2.48. The first-order valence-corrected chi connectivity index (χ1v) is 5.88. The number of likely N-dealkylation sites (tertiary alicyclic amines) is 1. The molecule has 6 nitrogen and oxygen atoms in total. The van der Waals surface area contributed by atoms with Crippen LogP contribution in [0.2, 0.25) is 0 Å². The van der Waals surface area contributed by atoms with Crippen molar-refractivity contribution < 1.29 is 9.53 Å². The van der Waals surface area contributed by atoms with Crippen molar-refractivity contribution in [2.24, 2.45) is 5.92 Å². The molecule has 0 amide bonds. The highest BCUT2D eigenvalue weighted by atomic mass is 32.1. The van der Waals surface area contributed by atoms with Crippen molar-refractivity contribution in [2.45, 2.75) is 13.0 Å². The van der Waals surface area contributed by atoms with E-state index in [1.807, 2.05) is 0 Å². The van der Waals surface area contributed by atoms with E-state index in [4.69, 9.17) is 10.5 Å². The molecule has 88 valence electrons. The van der Waals surface area contributed by atoms with Crippen LogP contribution in [-0.4, -0.2) is 41.3 Å². The number of hydrogen-bond acceptors (Lipinski definition) is 7. The summed E-state index contributed by atoms with van der Waals surface area (Å²) in [5, 5.41) is 9.09. The van der Waals surface area contributed by atoms with Gasteiger partial charge in [0.2, 0.25) is 5.13 Å². The maximum Gasteiger partial charge on any atom is 0.310 e. The van der Waals surface area contributed by atoms with E-state index in [1.54, 1.807) is 0 Å². The maximum atomic E-state index is 11.3. The van der Waals surface area contributed by atoms with Crippen LogP contribution in [0.25, 0.3) is 0 Å². The Kier molecular flexibility index (Phi) is 3.35. The summed E-state index contributed by atoms with van der Waals surface area (Å²) >= 11 is 1.39. The van der Waals surface area contributed by atoms with E-state index >= 15 is 0 Å². The van der Waals surface area contributed by atoms with Gasteiger partial charge in [0.15, 0.2) is 0 Å². The van der Waals surface area contributed by atoms with Crippen molar-refractivity contribution in [2.75, 3.05) is 25.9 Å². The molecule has 1 atom stereocenters. The molecule has 1 aromatic heterocycles. The van der Waals surface area contributed by atoms with Crippen LogP contribution in [0, 0.1) is 5.92 Å². The molecule has 0 aliphatic carbocycles. The lowest BCUT2D eigenvalue weighted by molar-refractivity contribution is -0.144. The fraction of sp³-hybridized carbons (Fsp3) is 0.667. The minimum atomic E-state index is -0.126. The summed E-state index contributed by atoms with van der Waals surface area (Å²) in [6, 6.07) is 0. The predicted octanol–water partition coefficient (Wildman–Crippen LogP) is 0.115.